The molecule has 0 fully saturated rings. The van der Waals surface area contributed by atoms with Crippen LogP contribution in [0.5, 0.6) is 0 Å². The van der Waals surface area contributed by atoms with Gasteiger partial charge in [-0.05, 0) is 30.3 Å². The van der Waals surface area contributed by atoms with E-state index in [0.717, 1.165) is 0 Å². The third-order valence-electron chi connectivity index (χ3n) is 3.41. The van der Waals surface area contributed by atoms with Gasteiger partial charge in [0.25, 0.3) is 0 Å². The number of benzene rings is 2. The van der Waals surface area contributed by atoms with Gasteiger partial charge in [-0.2, -0.15) is 0 Å². The quantitative estimate of drug-likeness (QED) is 0.831. The van der Waals surface area contributed by atoms with E-state index in [1.165, 1.54) is 37.1 Å². The number of hydrogen-bond donors (Lipinski definition) is 1. The number of rotatable bonds is 5. The molecule has 0 aromatic heterocycles. The van der Waals surface area contributed by atoms with Crippen LogP contribution in [0.4, 0.5) is 11.4 Å². The molecule has 2 aromatic carbocycles. The maximum Gasteiger partial charge on any atom is 0.337 e. The van der Waals surface area contributed by atoms with Crippen LogP contribution in [0.3, 0.4) is 0 Å². The van der Waals surface area contributed by atoms with Gasteiger partial charge in [0.15, 0.2) is 0 Å². The second-order valence-electron chi connectivity index (χ2n) is 5.18. The number of amides is 2. The van der Waals surface area contributed by atoms with Crippen molar-refractivity contribution >= 4 is 40.8 Å². The summed E-state index contributed by atoms with van der Waals surface area (Å²) >= 11 is 6.06. The Kier molecular flexibility index (Phi) is 6.14. The van der Waals surface area contributed by atoms with Crippen molar-refractivity contribution in [1.29, 1.82) is 0 Å². The summed E-state index contributed by atoms with van der Waals surface area (Å²) < 4.78 is 4.64. The van der Waals surface area contributed by atoms with Crippen LogP contribution in [0, 0.1) is 0 Å². The third-order valence-corrected chi connectivity index (χ3v) is 3.74. The van der Waals surface area contributed by atoms with Crippen molar-refractivity contribution in [2.75, 3.05) is 23.9 Å². The van der Waals surface area contributed by atoms with Crippen LogP contribution < -0.4 is 10.2 Å². The maximum absolute atomic E-state index is 12.3. The third kappa shape index (κ3) is 4.81. The number of methoxy groups -OCH3 is 1. The minimum atomic E-state index is -0.540. The molecule has 0 aliphatic rings. The molecule has 6 nitrogen and oxygen atoms in total. The van der Waals surface area contributed by atoms with Gasteiger partial charge in [-0.15, -0.1) is 0 Å². The fraction of sp³-hybridized carbons (Fsp3) is 0.167. The van der Waals surface area contributed by atoms with E-state index in [-0.39, 0.29) is 28.7 Å². The Bertz CT molecular complexity index is 793. The summed E-state index contributed by atoms with van der Waals surface area (Å²) in [6.07, 6.45) is 0. The highest BCUT2D eigenvalue weighted by atomic mass is 35.5. The number of esters is 1. The molecule has 0 spiro atoms. The zero-order valence-electron chi connectivity index (χ0n) is 13.8. The molecule has 25 heavy (non-hydrogen) atoms. The van der Waals surface area contributed by atoms with Crippen molar-refractivity contribution in [3.05, 3.63) is 59.1 Å². The molecule has 130 valence electrons. The van der Waals surface area contributed by atoms with E-state index in [9.17, 15) is 14.4 Å². The molecule has 0 aliphatic carbocycles. The van der Waals surface area contributed by atoms with Crippen LogP contribution in [0.2, 0.25) is 5.02 Å². The first-order valence-electron chi connectivity index (χ1n) is 7.43. The number of halogens is 1. The van der Waals surface area contributed by atoms with Crippen LogP contribution in [0.25, 0.3) is 0 Å². The molecule has 0 radical (unpaired) electrons. The lowest BCUT2D eigenvalue weighted by Crippen LogP contribution is -2.36. The zero-order chi connectivity index (χ0) is 18.4. The summed E-state index contributed by atoms with van der Waals surface area (Å²) in [5.74, 6) is -1.25. The van der Waals surface area contributed by atoms with Gasteiger partial charge < -0.3 is 15.0 Å². The summed E-state index contributed by atoms with van der Waals surface area (Å²) in [5, 5.41) is 2.89. The van der Waals surface area contributed by atoms with Gasteiger partial charge in [-0.1, -0.05) is 29.8 Å². The van der Waals surface area contributed by atoms with E-state index in [1.54, 1.807) is 24.3 Å². The minimum Gasteiger partial charge on any atom is -0.465 e. The highest BCUT2D eigenvalue weighted by Crippen LogP contribution is 2.23. The number of nitrogens with zero attached hydrogens (tertiary/aromatic N) is 1. The van der Waals surface area contributed by atoms with Crippen molar-refractivity contribution in [3.8, 4) is 0 Å². The number of para-hydroxylation sites is 1. The van der Waals surface area contributed by atoms with E-state index in [4.69, 9.17) is 11.6 Å². The molecule has 2 aromatic rings. The second kappa shape index (κ2) is 8.30. The molecular formula is C18H17ClN2O4. The van der Waals surface area contributed by atoms with E-state index >= 15 is 0 Å². The number of nitrogens with one attached hydrogen (secondary N) is 1. The summed E-state index contributed by atoms with van der Waals surface area (Å²) in [6.45, 7) is 1.20. The van der Waals surface area contributed by atoms with E-state index in [1.807, 2.05) is 6.07 Å². The van der Waals surface area contributed by atoms with Crippen molar-refractivity contribution in [3.63, 3.8) is 0 Å². The standard InChI is InChI=1S/C18H17ClN2O4/c1-12(22)21(14-6-4-3-5-7-14)11-17(23)20-16-10-13(18(24)25-2)8-9-15(16)19/h3-10H,11H2,1-2H3,(H,20,23). The zero-order valence-corrected chi connectivity index (χ0v) is 14.5. The first kappa shape index (κ1) is 18.5. The molecule has 2 amide bonds. The van der Waals surface area contributed by atoms with Gasteiger partial charge >= 0.3 is 5.97 Å². The largest absolute Gasteiger partial charge is 0.465 e. The monoisotopic (exact) mass is 360 g/mol. The minimum absolute atomic E-state index is 0.182. The van der Waals surface area contributed by atoms with Crippen LogP contribution in [-0.2, 0) is 14.3 Å². The first-order valence-corrected chi connectivity index (χ1v) is 7.81. The predicted octanol–water partition coefficient (Wildman–Crippen LogP) is 3.12. The SMILES string of the molecule is COC(=O)c1ccc(Cl)c(NC(=O)CN(C(C)=O)c2ccccc2)c1. The van der Waals surface area contributed by atoms with Crippen LogP contribution in [0.1, 0.15) is 17.3 Å². The van der Waals surface area contributed by atoms with Crippen LogP contribution in [0.15, 0.2) is 48.5 Å². The van der Waals surface area contributed by atoms with Crippen molar-refractivity contribution in [1.82, 2.24) is 0 Å². The van der Waals surface area contributed by atoms with Crippen LogP contribution >= 0.6 is 11.6 Å². The highest BCUT2D eigenvalue weighted by molar-refractivity contribution is 6.34. The second-order valence-corrected chi connectivity index (χ2v) is 5.58. The molecule has 0 heterocycles. The number of carbonyl (C=O) groups is 3. The smallest absolute Gasteiger partial charge is 0.337 e. The Hall–Kier alpha value is -2.86. The fourth-order valence-electron chi connectivity index (χ4n) is 2.19. The number of hydrogen-bond acceptors (Lipinski definition) is 4. The van der Waals surface area contributed by atoms with E-state index in [0.29, 0.717) is 5.69 Å². The van der Waals surface area contributed by atoms with Crippen molar-refractivity contribution < 1.29 is 19.1 Å². The van der Waals surface area contributed by atoms with Crippen molar-refractivity contribution in [2.24, 2.45) is 0 Å². The van der Waals surface area contributed by atoms with Gasteiger partial charge in [0.2, 0.25) is 11.8 Å². The highest BCUT2D eigenvalue weighted by Gasteiger charge is 2.17. The first-order chi connectivity index (χ1) is 11.9. The molecule has 7 heteroatoms. The summed E-state index contributed by atoms with van der Waals surface area (Å²) in [5.41, 5.74) is 1.14. The van der Waals surface area contributed by atoms with Crippen molar-refractivity contribution in [2.45, 2.75) is 6.92 Å². The van der Waals surface area contributed by atoms with Gasteiger partial charge in [0, 0.05) is 12.6 Å². The average molecular weight is 361 g/mol. The Morgan fingerprint density at radius 3 is 2.40 bits per heavy atom. The van der Waals surface area contributed by atoms with Gasteiger partial charge in [0.05, 0.1) is 23.4 Å². The summed E-state index contributed by atoms with van der Waals surface area (Å²) in [7, 11) is 1.26. The summed E-state index contributed by atoms with van der Waals surface area (Å²) in [6, 6.07) is 13.3. The molecule has 0 bridgehead atoms. The molecule has 0 saturated carbocycles. The van der Waals surface area contributed by atoms with Gasteiger partial charge in [-0.25, -0.2) is 4.79 Å². The molecule has 1 N–H and O–H groups in total. The Morgan fingerprint density at radius 2 is 1.80 bits per heavy atom. The molecular weight excluding hydrogens is 344 g/mol. The molecule has 2 rings (SSSR count). The lowest BCUT2D eigenvalue weighted by atomic mass is 10.2. The van der Waals surface area contributed by atoms with E-state index < -0.39 is 11.9 Å². The predicted molar refractivity (Wildman–Crippen MR) is 95.9 cm³/mol. The number of anilines is 2. The Labute approximate surface area is 150 Å². The lowest BCUT2D eigenvalue weighted by molar-refractivity contribution is -0.120. The van der Waals surface area contributed by atoms with E-state index in [2.05, 4.69) is 10.1 Å². The molecule has 0 aliphatic heterocycles. The fourth-order valence-corrected chi connectivity index (χ4v) is 2.36. The molecule has 0 atom stereocenters. The van der Waals surface area contributed by atoms with Gasteiger partial charge in [0.1, 0.15) is 6.54 Å². The summed E-state index contributed by atoms with van der Waals surface area (Å²) in [4.78, 5) is 37.1. The number of carbonyl (C=O) groups excluding carboxylic acids is 3. The molecule has 0 saturated heterocycles. The average Bonchev–Trinajstić information content (AvgIpc) is 2.61. The Balaban J connectivity index is 2.16. The Morgan fingerprint density at radius 1 is 1.12 bits per heavy atom. The normalized spacial score (nSPS) is 10.0. The van der Waals surface area contributed by atoms with Crippen LogP contribution in [-0.4, -0.2) is 31.4 Å². The maximum atomic E-state index is 12.3. The topological polar surface area (TPSA) is 75.7 Å². The van der Waals surface area contributed by atoms with Gasteiger partial charge in [-0.3, -0.25) is 9.59 Å². The number of ether oxygens (including phenoxy) is 1. The molecule has 0 unspecified atom stereocenters. The lowest BCUT2D eigenvalue weighted by Gasteiger charge is -2.20.